The van der Waals surface area contributed by atoms with Crippen molar-refractivity contribution in [3.05, 3.63) is 28.7 Å². The van der Waals surface area contributed by atoms with Crippen LogP contribution < -0.4 is 5.73 Å². The summed E-state index contributed by atoms with van der Waals surface area (Å²) in [4.78, 5) is 16.6. The van der Waals surface area contributed by atoms with E-state index in [2.05, 4.69) is 21.3 Å². The first-order chi connectivity index (χ1) is 12.8. The summed E-state index contributed by atoms with van der Waals surface area (Å²) in [5.74, 6) is -0.264. The summed E-state index contributed by atoms with van der Waals surface area (Å²) in [5, 5.41) is 16.3. The number of nitrogens with zero attached hydrogens (tertiary/aromatic N) is 3. The minimum Gasteiger partial charge on any atom is -0.464 e. The van der Waals surface area contributed by atoms with E-state index in [0.717, 1.165) is 24.1 Å². The van der Waals surface area contributed by atoms with Crippen molar-refractivity contribution in [3.63, 3.8) is 0 Å². The zero-order valence-electron chi connectivity index (χ0n) is 15.9. The van der Waals surface area contributed by atoms with Crippen LogP contribution in [-0.2, 0) is 9.47 Å². The van der Waals surface area contributed by atoms with Crippen LogP contribution in [0, 0.1) is 18.3 Å². The molecule has 3 heterocycles. The molecule has 0 amide bonds. The number of H-pyrrole nitrogens is 1. The lowest BCUT2D eigenvalue weighted by Crippen LogP contribution is -2.33. The molecule has 8 nitrogen and oxygen atoms in total. The molecule has 27 heavy (non-hydrogen) atoms. The molecule has 0 radical (unpaired) electrons. The molecule has 0 aliphatic carbocycles. The second kappa shape index (κ2) is 7.00. The Balaban J connectivity index is 2.20. The number of methoxy groups -OCH3 is 1. The fourth-order valence-electron chi connectivity index (χ4n) is 3.76. The highest BCUT2D eigenvalue weighted by atomic mass is 16.5. The second-order valence-electron chi connectivity index (χ2n) is 7.32. The van der Waals surface area contributed by atoms with Crippen LogP contribution in [-0.4, -0.2) is 40.5 Å². The standard InChI is InChI=1S/C19H23N5O3/c1-10-14(13-9-22-24-16(13)18(25)26-4)12(8-20)17(21)23-15(10)11-5-6-27-19(2,3)7-11/h9,11H,5-7H2,1-4H3,(H2,21,23)(H,22,24)/t11-/m1/s1. The van der Waals surface area contributed by atoms with E-state index >= 15 is 0 Å². The maximum Gasteiger partial charge on any atom is 0.356 e. The molecule has 3 N–H and O–H groups in total. The van der Waals surface area contributed by atoms with Gasteiger partial charge in [0.15, 0.2) is 5.69 Å². The van der Waals surface area contributed by atoms with Gasteiger partial charge in [-0.3, -0.25) is 5.10 Å². The normalized spacial score (nSPS) is 18.7. The highest BCUT2D eigenvalue weighted by Crippen LogP contribution is 2.41. The number of nitrogen functional groups attached to an aromatic ring is 1. The number of hydrogen-bond acceptors (Lipinski definition) is 7. The minimum absolute atomic E-state index is 0.148. The van der Waals surface area contributed by atoms with Crippen LogP contribution in [0.15, 0.2) is 6.20 Å². The number of hydrogen-bond donors (Lipinski definition) is 2. The van der Waals surface area contributed by atoms with E-state index in [1.807, 2.05) is 20.8 Å². The largest absolute Gasteiger partial charge is 0.464 e. The fourth-order valence-corrected chi connectivity index (χ4v) is 3.76. The summed E-state index contributed by atoms with van der Waals surface area (Å²) in [6.07, 6.45) is 3.12. The monoisotopic (exact) mass is 369 g/mol. The van der Waals surface area contributed by atoms with E-state index < -0.39 is 5.97 Å². The first-order valence-electron chi connectivity index (χ1n) is 8.75. The molecule has 1 atom stereocenters. The van der Waals surface area contributed by atoms with Crippen molar-refractivity contribution in [3.8, 4) is 17.2 Å². The van der Waals surface area contributed by atoms with Crippen molar-refractivity contribution in [2.24, 2.45) is 0 Å². The summed E-state index contributed by atoms with van der Waals surface area (Å²) in [6.45, 7) is 6.63. The smallest absolute Gasteiger partial charge is 0.356 e. The molecular weight excluding hydrogens is 346 g/mol. The van der Waals surface area contributed by atoms with E-state index in [4.69, 9.17) is 15.2 Å². The molecular formula is C19H23N5O3. The van der Waals surface area contributed by atoms with Gasteiger partial charge in [-0.15, -0.1) is 0 Å². The van der Waals surface area contributed by atoms with E-state index in [-0.39, 0.29) is 28.6 Å². The predicted octanol–water partition coefficient (Wildman–Crippen LogP) is 2.69. The number of nitrogens with one attached hydrogen (secondary N) is 1. The van der Waals surface area contributed by atoms with E-state index in [1.54, 1.807) is 0 Å². The van der Waals surface area contributed by atoms with Crippen LogP contribution in [0.5, 0.6) is 0 Å². The van der Waals surface area contributed by atoms with Gasteiger partial charge in [0.2, 0.25) is 0 Å². The average Bonchev–Trinajstić information content (AvgIpc) is 3.10. The van der Waals surface area contributed by atoms with Gasteiger partial charge in [-0.1, -0.05) is 0 Å². The number of nitrogens with two attached hydrogens (primary N) is 1. The highest BCUT2D eigenvalue weighted by molar-refractivity contribution is 5.97. The Morgan fingerprint density at radius 3 is 2.89 bits per heavy atom. The molecule has 142 valence electrons. The van der Waals surface area contributed by atoms with Gasteiger partial charge in [0.1, 0.15) is 17.5 Å². The molecule has 0 bridgehead atoms. The summed E-state index contributed by atoms with van der Waals surface area (Å²) >= 11 is 0. The lowest BCUT2D eigenvalue weighted by atomic mass is 9.82. The predicted molar refractivity (Wildman–Crippen MR) is 99.0 cm³/mol. The van der Waals surface area contributed by atoms with Gasteiger partial charge >= 0.3 is 5.97 Å². The van der Waals surface area contributed by atoms with Crippen molar-refractivity contribution < 1.29 is 14.3 Å². The lowest BCUT2D eigenvalue weighted by molar-refractivity contribution is -0.0598. The number of aromatic amines is 1. The molecule has 8 heteroatoms. The zero-order valence-corrected chi connectivity index (χ0v) is 15.9. The number of ether oxygens (including phenoxy) is 2. The Morgan fingerprint density at radius 2 is 2.26 bits per heavy atom. The van der Waals surface area contributed by atoms with Gasteiger partial charge in [0.05, 0.1) is 18.9 Å². The number of carbonyl (C=O) groups is 1. The molecule has 2 aromatic heterocycles. The molecule has 0 saturated carbocycles. The summed E-state index contributed by atoms with van der Waals surface area (Å²) < 4.78 is 10.6. The number of rotatable bonds is 3. The third kappa shape index (κ3) is 3.38. The summed E-state index contributed by atoms with van der Waals surface area (Å²) in [5.41, 5.74) is 8.98. The van der Waals surface area contributed by atoms with Crippen LogP contribution in [0.1, 0.15) is 59.9 Å². The summed E-state index contributed by atoms with van der Waals surface area (Å²) in [7, 11) is 1.29. The third-order valence-corrected chi connectivity index (χ3v) is 5.00. The van der Waals surface area contributed by atoms with Crippen LogP contribution in [0.2, 0.25) is 0 Å². The SMILES string of the molecule is COC(=O)c1[nH]ncc1-c1c(C)c([C@@H]2CCOC(C)(C)C2)nc(N)c1C#N. The van der Waals surface area contributed by atoms with Crippen molar-refractivity contribution in [2.75, 3.05) is 19.5 Å². The quantitative estimate of drug-likeness (QED) is 0.796. The van der Waals surface area contributed by atoms with Crippen LogP contribution in [0.3, 0.4) is 0 Å². The number of aromatic nitrogens is 3. The first-order valence-corrected chi connectivity index (χ1v) is 8.75. The molecule has 1 aliphatic rings. The van der Waals surface area contributed by atoms with Crippen LogP contribution >= 0.6 is 0 Å². The third-order valence-electron chi connectivity index (χ3n) is 5.00. The molecule has 1 aliphatic heterocycles. The van der Waals surface area contributed by atoms with Crippen molar-refractivity contribution >= 4 is 11.8 Å². The molecule has 1 fully saturated rings. The van der Waals surface area contributed by atoms with E-state index in [1.165, 1.54) is 13.3 Å². The topological polar surface area (TPSA) is 127 Å². The van der Waals surface area contributed by atoms with Crippen LogP contribution in [0.25, 0.3) is 11.1 Å². The minimum atomic E-state index is -0.560. The van der Waals surface area contributed by atoms with Gasteiger partial charge in [0.25, 0.3) is 0 Å². The van der Waals surface area contributed by atoms with Crippen molar-refractivity contribution in [1.82, 2.24) is 15.2 Å². The number of nitriles is 1. The van der Waals surface area contributed by atoms with E-state index in [9.17, 15) is 10.1 Å². The van der Waals surface area contributed by atoms with Gasteiger partial charge in [0, 0.05) is 29.3 Å². The van der Waals surface area contributed by atoms with Crippen LogP contribution in [0.4, 0.5) is 5.82 Å². The van der Waals surface area contributed by atoms with Gasteiger partial charge in [-0.25, -0.2) is 9.78 Å². The fraction of sp³-hybridized carbons (Fsp3) is 0.474. The average molecular weight is 369 g/mol. The Bertz CT molecular complexity index is 926. The molecule has 3 rings (SSSR count). The second-order valence-corrected chi connectivity index (χ2v) is 7.32. The van der Waals surface area contributed by atoms with Gasteiger partial charge in [-0.05, 0) is 39.2 Å². The van der Waals surface area contributed by atoms with Crippen molar-refractivity contribution in [1.29, 1.82) is 5.26 Å². The van der Waals surface area contributed by atoms with Crippen molar-refractivity contribution in [2.45, 2.75) is 45.1 Å². The molecule has 1 saturated heterocycles. The van der Waals surface area contributed by atoms with Gasteiger partial charge in [-0.2, -0.15) is 10.4 Å². The molecule has 0 aromatic carbocycles. The van der Waals surface area contributed by atoms with Gasteiger partial charge < -0.3 is 15.2 Å². The number of esters is 1. The Labute approximate surface area is 157 Å². The van der Waals surface area contributed by atoms with E-state index in [0.29, 0.717) is 17.7 Å². The first kappa shape index (κ1) is 18.9. The molecule has 0 spiro atoms. The highest BCUT2D eigenvalue weighted by Gasteiger charge is 2.33. The number of anilines is 1. The number of pyridine rings is 1. The maximum absolute atomic E-state index is 12.1. The Kier molecular flexibility index (Phi) is 4.89. The lowest BCUT2D eigenvalue weighted by Gasteiger charge is -2.36. The summed E-state index contributed by atoms with van der Waals surface area (Å²) in [6, 6.07) is 2.12. The molecule has 2 aromatic rings. The Morgan fingerprint density at radius 1 is 1.52 bits per heavy atom. The maximum atomic E-state index is 12.1. The Hall–Kier alpha value is -2.92. The number of carbonyl (C=O) groups excluding carboxylic acids is 1. The molecule has 0 unspecified atom stereocenters. The zero-order chi connectivity index (χ0) is 19.8.